The first-order chi connectivity index (χ1) is 8.61. The summed E-state index contributed by atoms with van der Waals surface area (Å²) in [4.78, 5) is 16.6. The number of nitrogens with zero attached hydrogens (tertiary/aromatic N) is 1. The minimum Gasteiger partial charge on any atom is -0.480 e. The fourth-order valence-corrected chi connectivity index (χ4v) is 3.22. The molecule has 0 saturated heterocycles. The van der Waals surface area contributed by atoms with Crippen LogP contribution in [0.15, 0.2) is 32.7 Å². The Morgan fingerprint density at radius 3 is 2.89 bits per heavy atom. The number of methoxy groups -OCH3 is 1. The number of hydrogen-bond donors (Lipinski definition) is 1. The second-order valence-electron chi connectivity index (χ2n) is 3.25. The predicted octanol–water partition coefficient (Wildman–Crippen LogP) is 3.93. The van der Waals surface area contributed by atoms with Crippen molar-refractivity contribution < 1.29 is 9.53 Å². The Morgan fingerprint density at radius 2 is 2.28 bits per heavy atom. The first-order valence-electron chi connectivity index (χ1n) is 4.87. The summed E-state index contributed by atoms with van der Waals surface area (Å²) in [5.74, 6) is 0.193. The van der Waals surface area contributed by atoms with Crippen LogP contribution in [0.4, 0.5) is 5.69 Å². The predicted molar refractivity (Wildman–Crippen MR) is 78.5 cm³/mol. The van der Waals surface area contributed by atoms with E-state index in [4.69, 9.17) is 4.74 Å². The largest absolute Gasteiger partial charge is 0.480 e. The highest BCUT2D eigenvalue weighted by molar-refractivity contribution is 9.13. The van der Waals surface area contributed by atoms with Gasteiger partial charge in [0.15, 0.2) is 0 Å². The number of amides is 1. The number of anilines is 1. The van der Waals surface area contributed by atoms with Crippen LogP contribution in [0.25, 0.3) is 0 Å². The number of thiophene rings is 1. The molecule has 18 heavy (non-hydrogen) atoms. The molecule has 0 aliphatic rings. The average molecular weight is 392 g/mol. The Labute approximate surface area is 125 Å². The fraction of sp³-hybridized carbons (Fsp3) is 0.0909. The highest BCUT2D eigenvalue weighted by Crippen LogP contribution is 2.33. The van der Waals surface area contributed by atoms with Crippen LogP contribution in [0.2, 0.25) is 0 Å². The molecule has 0 aliphatic carbocycles. The monoisotopic (exact) mass is 390 g/mol. The molecule has 0 fully saturated rings. The van der Waals surface area contributed by atoms with Crippen molar-refractivity contribution in [3.8, 4) is 5.88 Å². The zero-order valence-corrected chi connectivity index (χ0v) is 13.2. The van der Waals surface area contributed by atoms with E-state index in [2.05, 4.69) is 42.2 Å². The van der Waals surface area contributed by atoms with E-state index < -0.39 is 0 Å². The third-order valence-electron chi connectivity index (χ3n) is 2.08. The van der Waals surface area contributed by atoms with Crippen molar-refractivity contribution in [1.82, 2.24) is 4.98 Å². The number of nitrogens with one attached hydrogen (secondary N) is 1. The molecular formula is C11H8Br2N2O2S. The normalized spacial score (nSPS) is 10.2. The lowest BCUT2D eigenvalue weighted by Crippen LogP contribution is -2.11. The van der Waals surface area contributed by atoms with Gasteiger partial charge < -0.3 is 10.1 Å². The molecule has 4 nitrogen and oxygen atoms in total. The number of carbonyl (C=O) groups excluding carboxylic acids is 1. The van der Waals surface area contributed by atoms with Crippen LogP contribution < -0.4 is 10.1 Å². The topological polar surface area (TPSA) is 51.2 Å². The molecule has 0 bridgehead atoms. The first kappa shape index (κ1) is 13.5. The summed E-state index contributed by atoms with van der Waals surface area (Å²) < 4.78 is 6.81. The van der Waals surface area contributed by atoms with E-state index in [0.717, 1.165) is 8.26 Å². The lowest BCUT2D eigenvalue weighted by Gasteiger charge is -2.07. The van der Waals surface area contributed by atoms with E-state index >= 15 is 0 Å². The van der Waals surface area contributed by atoms with Crippen LogP contribution in [0, 0.1) is 0 Å². The second kappa shape index (κ2) is 5.81. The standard InChI is InChI=1S/C11H8Br2N2O2S/c1-17-11-7(3-2-4-14-11)15-10(16)8-5-6(12)9(13)18-8/h2-5H,1H3,(H,15,16). The van der Waals surface area contributed by atoms with Gasteiger partial charge in [-0.15, -0.1) is 11.3 Å². The number of pyridine rings is 1. The SMILES string of the molecule is COc1ncccc1NC(=O)c1cc(Br)c(Br)s1. The Bertz CT molecular complexity index is 567. The molecule has 2 aromatic heterocycles. The smallest absolute Gasteiger partial charge is 0.265 e. The second-order valence-corrected chi connectivity index (χ2v) is 6.47. The van der Waals surface area contributed by atoms with E-state index in [0.29, 0.717) is 16.4 Å². The number of rotatable bonds is 3. The van der Waals surface area contributed by atoms with Gasteiger partial charge in [0.2, 0.25) is 5.88 Å². The van der Waals surface area contributed by atoms with Crippen molar-refractivity contribution in [2.75, 3.05) is 12.4 Å². The lowest BCUT2D eigenvalue weighted by molar-refractivity contribution is 0.103. The van der Waals surface area contributed by atoms with Gasteiger partial charge in [-0.1, -0.05) is 0 Å². The fourth-order valence-electron chi connectivity index (χ4n) is 1.29. The molecule has 0 aromatic carbocycles. The summed E-state index contributed by atoms with van der Waals surface area (Å²) in [5.41, 5.74) is 0.547. The van der Waals surface area contributed by atoms with E-state index in [-0.39, 0.29) is 5.91 Å². The average Bonchev–Trinajstić information content (AvgIpc) is 2.70. The highest BCUT2D eigenvalue weighted by atomic mass is 79.9. The van der Waals surface area contributed by atoms with E-state index in [9.17, 15) is 4.79 Å². The highest BCUT2D eigenvalue weighted by Gasteiger charge is 2.14. The van der Waals surface area contributed by atoms with Gasteiger partial charge in [-0.2, -0.15) is 0 Å². The maximum absolute atomic E-state index is 12.0. The maximum Gasteiger partial charge on any atom is 0.265 e. The summed E-state index contributed by atoms with van der Waals surface area (Å²) in [7, 11) is 1.51. The van der Waals surface area contributed by atoms with Gasteiger partial charge in [0.25, 0.3) is 5.91 Å². The van der Waals surface area contributed by atoms with Crippen LogP contribution in [-0.2, 0) is 0 Å². The Morgan fingerprint density at radius 1 is 1.50 bits per heavy atom. The van der Waals surface area contributed by atoms with Crippen molar-refractivity contribution in [3.05, 3.63) is 37.5 Å². The van der Waals surface area contributed by atoms with Gasteiger partial charge in [0.1, 0.15) is 5.69 Å². The molecule has 0 spiro atoms. The number of aromatic nitrogens is 1. The van der Waals surface area contributed by atoms with Crippen molar-refractivity contribution >= 4 is 54.8 Å². The Hall–Kier alpha value is -0.920. The summed E-state index contributed by atoms with van der Waals surface area (Å²) >= 11 is 8.05. The number of halogens is 2. The molecule has 2 heterocycles. The zero-order chi connectivity index (χ0) is 13.1. The minimum atomic E-state index is -0.197. The number of ether oxygens (including phenoxy) is 1. The van der Waals surface area contributed by atoms with Gasteiger partial charge in [-0.05, 0) is 50.1 Å². The third kappa shape index (κ3) is 2.90. The quantitative estimate of drug-likeness (QED) is 0.862. The van der Waals surface area contributed by atoms with Crippen molar-refractivity contribution in [2.45, 2.75) is 0 Å². The Balaban J connectivity index is 2.21. The molecule has 94 valence electrons. The summed E-state index contributed by atoms with van der Waals surface area (Å²) in [5, 5.41) is 2.76. The molecule has 2 rings (SSSR count). The van der Waals surface area contributed by atoms with Crippen molar-refractivity contribution in [3.63, 3.8) is 0 Å². The maximum atomic E-state index is 12.0. The van der Waals surface area contributed by atoms with Gasteiger partial charge in [-0.3, -0.25) is 4.79 Å². The molecule has 0 unspecified atom stereocenters. The van der Waals surface area contributed by atoms with Gasteiger partial charge in [0, 0.05) is 10.7 Å². The minimum absolute atomic E-state index is 0.197. The van der Waals surface area contributed by atoms with Crippen LogP contribution in [0.3, 0.4) is 0 Å². The number of hydrogen-bond acceptors (Lipinski definition) is 4. The third-order valence-corrected chi connectivity index (χ3v) is 5.34. The molecule has 7 heteroatoms. The van der Waals surface area contributed by atoms with Crippen molar-refractivity contribution in [1.29, 1.82) is 0 Å². The zero-order valence-electron chi connectivity index (χ0n) is 9.24. The van der Waals surface area contributed by atoms with Crippen LogP contribution in [0.1, 0.15) is 9.67 Å². The van der Waals surface area contributed by atoms with Gasteiger partial charge in [-0.25, -0.2) is 4.98 Å². The first-order valence-corrected chi connectivity index (χ1v) is 7.27. The lowest BCUT2D eigenvalue weighted by atomic mass is 10.3. The molecule has 2 aromatic rings. The van der Waals surface area contributed by atoms with Crippen LogP contribution >= 0.6 is 43.2 Å². The molecule has 0 atom stereocenters. The summed E-state index contributed by atoms with van der Waals surface area (Å²) in [6.45, 7) is 0. The van der Waals surface area contributed by atoms with Crippen LogP contribution in [0.5, 0.6) is 5.88 Å². The van der Waals surface area contributed by atoms with Crippen molar-refractivity contribution in [2.24, 2.45) is 0 Å². The number of carbonyl (C=O) groups is 1. The molecule has 1 amide bonds. The molecule has 1 N–H and O–H groups in total. The Kier molecular flexibility index (Phi) is 4.36. The van der Waals surface area contributed by atoms with Gasteiger partial charge >= 0.3 is 0 Å². The van der Waals surface area contributed by atoms with E-state index in [1.807, 2.05) is 0 Å². The molecule has 0 saturated carbocycles. The van der Waals surface area contributed by atoms with E-state index in [1.165, 1.54) is 18.4 Å². The summed E-state index contributed by atoms with van der Waals surface area (Å²) in [6, 6.07) is 5.23. The molecular weight excluding hydrogens is 384 g/mol. The van der Waals surface area contributed by atoms with E-state index in [1.54, 1.807) is 24.4 Å². The van der Waals surface area contributed by atoms with Gasteiger partial charge in [0.05, 0.1) is 15.8 Å². The molecule has 0 aliphatic heterocycles. The molecule has 0 radical (unpaired) electrons. The summed E-state index contributed by atoms with van der Waals surface area (Å²) in [6.07, 6.45) is 1.60. The van der Waals surface area contributed by atoms with Crippen LogP contribution in [-0.4, -0.2) is 18.0 Å².